The maximum atomic E-state index is 13.5. The number of hydrogen-bond donors (Lipinski definition) is 0. The standard InChI is InChI=1S/C39H32ClN5O4S/c1-3-21-48-33-19-13-26(22-34(33)47-2)14-20-36-41-39-45(42-36)38(46)35(50-39)23-29-24-44(30-10-5-4-6-11-30)43-37(29)27-15-17-31(18-16-27)49-25-28-9-7-8-12-32(28)40/h4-20,22-24H,3,21,25H2,1-2H3/b20-14+,35-23-. The molecule has 4 aromatic carbocycles. The summed E-state index contributed by atoms with van der Waals surface area (Å²) >= 11 is 7.57. The van der Waals surface area contributed by atoms with Crippen molar-refractivity contribution in [3.63, 3.8) is 0 Å². The highest BCUT2D eigenvalue weighted by atomic mass is 35.5. The number of aromatic nitrogens is 5. The van der Waals surface area contributed by atoms with Crippen molar-refractivity contribution in [2.75, 3.05) is 13.7 Å². The lowest BCUT2D eigenvalue weighted by atomic mass is 10.1. The fourth-order valence-corrected chi connectivity index (χ4v) is 6.36. The predicted octanol–water partition coefficient (Wildman–Crippen LogP) is 7.75. The van der Waals surface area contributed by atoms with E-state index in [-0.39, 0.29) is 5.56 Å². The minimum absolute atomic E-state index is 0.252. The van der Waals surface area contributed by atoms with E-state index in [1.807, 2.05) is 120 Å². The number of hydrogen-bond acceptors (Lipinski definition) is 8. The molecule has 7 aromatic rings. The summed E-state index contributed by atoms with van der Waals surface area (Å²) in [6, 6.07) is 30.9. The number of rotatable bonds is 12. The number of benzene rings is 4. The summed E-state index contributed by atoms with van der Waals surface area (Å²) < 4.78 is 20.9. The third-order valence-electron chi connectivity index (χ3n) is 7.80. The summed E-state index contributed by atoms with van der Waals surface area (Å²) in [5.74, 6) is 2.48. The molecule has 0 amide bonds. The van der Waals surface area contributed by atoms with E-state index in [9.17, 15) is 4.79 Å². The molecule has 11 heteroatoms. The highest BCUT2D eigenvalue weighted by Gasteiger charge is 2.15. The van der Waals surface area contributed by atoms with Crippen molar-refractivity contribution in [1.82, 2.24) is 24.4 Å². The second-order valence-electron chi connectivity index (χ2n) is 11.3. The molecular formula is C39H32ClN5O4S. The number of thiazole rings is 1. The number of para-hydroxylation sites is 1. The van der Waals surface area contributed by atoms with Gasteiger partial charge in [0.2, 0.25) is 4.96 Å². The van der Waals surface area contributed by atoms with Gasteiger partial charge in [0, 0.05) is 27.9 Å². The van der Waals surface area contributed by atoms with Gasteiger partial charge in [-0.25, -0.2) is 4.68 Å². The van der Waals surface area contributed by atoms with Crippen molar-refractivity contribution in [3.8, 4) is 34.2 Å². The number of methoxy groups -OCH3 is 1. The van der Waals surface area contributed by atoms with Gasteiger partial charge < -0.3 is 14.2 Å². The molecule has 0 saturated heterocycles. The Balaban J connectivity index is 1.17. The Morgan fingerprint density at radius 3 is 2.44 bits per heavy atom. The summed E-state index contributed by atoms with van der Waals surface area (Å²) in [4.78, 5) is 18.6. The second kappa shape index (κ2) is 14.8. The molecule has 0 spiro atoms. The quantitative estimate of drug-likeness (QED) is 0.129. The van der Waals surface area contributed by atoms with Gasteiger partial charge in [-0.05, 0) is 78.7 Å². The first kappa shape index (κ1) is 32.8. The van der Waals surface area contributed by atoms with E-state index in [0.29, 0.717) is 50.8 Å². The smallest absolute Gasteiger partial charge is 0.291 e. The Morgan fingerprint density at radius 2 is 1.68 bits per heavy atom. The highest BCUT2D eigenvalue weighted by molar-refractivity contribution is 7.15. The minimum Gasteiger partial charge on any atom is -0.493 e. The van der Waals surface area contributed by atoms with Gasteiger partial charge in [-0.15, -0.1) is 5.10 Å². The lowest BCUT2D eigenvalue weighted by Crippen LogP contribution is -2.23. The van der Waals surface area contributed by atoms with Gasteiger partial charge in [0.05, 0.1) is 23.9 Å². The van der Waals surface area contributed by atoms with Crippen molar-refractivity contribution in [2.24, 2.45) is 0 Å². The first-order chi connectivity index (χ1) is 24.5. The third-order valence-corrected chi connectivity index (χ3v) is 9.13. The molecule has 0 radical (unpaired) electrons. The summed E-state index contributed by atoms with van der Waals surface area (Å²) in [6.07, 6.45) is 8.32. The SMILES string of the molecule is CCCOc1ccc(/C=C/c2nc3s/c(=C\c4cn(-c5ccccc5)nc4-c4ccc(OCc5ccccc5Cl)cc4)c(=O)n3n2)cc1OC. The van der Waals surface area contributed by atoms with Crippen LogP contribution in [0.15, 0.2) is 108 Å². The van der Waals surface area contributed by atoms with Crippen LogP contribution in [-0.4, -0.2) is 38.1 Å². The molecule has 0 aliphatic heterocycles. The molecule has 3 heterocycles. The normalized spacial score (nSPS) is 11.9. The van der Waals surface area contributed by atoms with Gasteiger partial charge in [0.1, 0.15) is 18.1 Å². The van der Waals surface area contributed by atoms with Crippen LogP contribution in [0.1, 0.15) is 35.9 Å². The van der Waals surface area contributed by atoms with E-state index in [1.54, 1.807) is 13.2 Å². The van der Waals surface area contributed by atoms with Gasteiger partial charge in [0.25, 0.3) is 5.56 Å². The van der Waals surface area contributed by atoms with E-state index in [0.717, 1.165) is 40.1 Å². The molecule has 0 bridgehead atoms. The molecule has 0 fully saturated rings. The average Bonchev–Trinajstić information content (AvgIpc) is 3.84. The Hall–Kier alpha value is -5.71. The van der Waals surface area contributed by atoms with Crippen molar-refractivity contribution in [3.05, 3.63) is 146 Å². The molecule has 50 heavy (non-hydrogen) atoms. The zero-order chi connectivity index (χ0) is 34.5. The first-order valence-electron chi connectivity index (χ1n) is 16.0. The van der Waals surface area contributed by atoms with Gasteiger partial charge in [-0.3, -0.25) is 4.79 Å². The maximum Gasteiger partial charge on any atom is 0.291 e. The molecule has 0 N–H and O–H groups in total. The zero-order valence-electron chi connectivity index (χ0n) is 27.3. The highest BCUT2D eigenvalue weighted by Crippen LogP contribution is 2.30. The Kier molecular flexibility index (Phi) is 9.72. The predicted molar refractivity (Wildman–Crippen MR) is 198 cm³/mol. The average molecular weight is 702 g/mol. The maximum absolute atomic E-state index is 13.5. The van der Waals surface area contributed by atoms with Crippen LogP contribution in [-0.2, 0) is 6.61 Å². The molecule has 7 rings (SSSR count). The number of fused-ring (bicyclic) bond motifs is 1. The molecule has 0 aliphatic rings. The summed E-state index contributed by atoms with van der Waals surface area (Å²) in [7, 11) is 1.61. The molecule has 0 aliphatic carbocycles. The van der Waals surface area contributed by atoms with E-state index in [1.165, 1.54) is 15.9 Å². The number of halogens is 1. The molecule has 9 nitrogen and oxygen atoms in total. The summed E-state index contributed by atoms with van der Waals surface area (Å²) in [5, 5.41) is 10.1. The zero-order valence-corrected chi connectivity index (χ0v) is 28.9. The lowest BCUT2D eigenvalue weighted by Gasteiger charge is -2.10. The molecular weight excluding hydrogens is 670 g/mol. The Morgan fingerprint density at radius 1 is 0.880 bits per heavy atom. The molecule has 0 saturated carbocycles. The third kappa shape index (κ3) is 7.17. The van der Waals surface area contributed by atoms with Crippen molar-refractivity contribution >= 4 is 46.1 Å². The first-order valence-corrected chi connectivity index (χ1v) is 17.2. The molecule has 250 valence electrons. The number of ether oxygens (including phenoxy) is 3. The van der Waals surface area contributed by atoms with Crippen molar-refractivity contribution in [1.29, 1.82) is 0 Å². The monoisotopic (exact) mass is 701 g/mol. The fourth-order valence-electron chi connectivity index (χ4n) is 5.27. The van der Waals surface area contributed by atoms with Gasteiger partial charge in [-0.1, -0.05) is 78.4 Å². The molecule has 3 aromatic heterocycles. The van der Waals surface area contributed by atoms with Crippen LogP contribution in [0.3, 0.4) is 0 Å². The van der Waals surface area contributed by atoms with Gasteiger partial charge >= 0.3 is 0 Å². The van der Waals surface area contributed by atoms with E-state index in [4.69, 9.17) is 30.9 Å². The largest absolute Gasteiger partial charge is 0.493 e. The second-order valence-corrected chi connectivity index (χ2v) is 12.7. The minimum atomic E-state index is -0.252. The summed E-state index contributed by atoms with van der Waals surface area (Å²) in [6.45, 7) is 3.02. The molecule has 0 atom stereocenters. The van der Waals surface area contributed by atoms with Crippen LogP contribution >= 0.6 is 22.9 Å². The molecule has 0 unspecified atom stereocenters. The van der Waals surface area contributed by atoms with Gasteiger partial charge in [0.15, 0.2) is 17.3 Å². The van der Waals surface area contributed by atoms with Crippen LogP contribution in [0.5, 0.6) is 17.2 Å². The van der Waals surface area contributed by atoms with E-state index >= 15 is 0 Å². The van der Waals surface area contributed by atoms with Crippen molar-refractivity contribution in [2.45, 2.75) is 20.0 Å². The van der Waals surface area contributed by atoms with Gasteiger partial charge in [-0.2, -0.15) is 14.6 Å². The number of nitrogens with zero attached hydrogens (tertiary/aromatic N) is 5. The Labute approximate surface area is 297 Å². The summed E-state index contributed by atoms with van der Waals surface area (Å²) in [5.41, 5.74) is 4.82. The van der Waals surface area contributed by atoms with Crippen LogP contribution < -0.4 is 24.3 Å². The van der Waals surface area contributed by atoms with Crippen LogP contribution in [0, 0.1) is 0 Å². The van der Waals surface area contributed by atoms with Crippen LogP contribution in [0.25, 0.3) is 40.1 Å². The van der Waals surface area contributed by atoms with Crippen LogP contribution in [0.4, 0.5) is 0 Å². The fraction of sp³-hybridized carbons (Fsp3) is 0.128. The van der Waals surface area contributed by atoms with E-state index in [2.05, 4.69) is 17.0 Å². The van der Waals surface area contributed by atoms with Crippen molar-refractivity contribution < 1.29 is 14.2 Å². The van der Waals surface area contributed by atoms with E-state index < -0.39 is 0 Å². The van der Waals surface area contributed by atoms with Crippen LogP contribution in [0.2, 0.25) is 5.02 Å². The topological polar surface area (TPSA) is 92.8 Å². The lowest BCUT2D eigenvalue weighted by molar-refractivity contribution is 0.294. The Bertz CT molecular complexity index is 2400.